The lowest BCUT2D eigenvalue weighted by Gasteiger charge is -2.30. The first-order chi connectivity index (χ1) is 16.6. The van der Waals surface area contributed by atoms with Gasteiger partial charge in [0.25, 0.3) is 4.84 Å². The number of carbonyl (C=O) groups excluding carboxylic acids is 1. The smallest absolute Gasteiger partial charge is 0.310 e. The van der Waals surface area contributed by atoms with Crippen molar-refractivity contribution in [1.82, 2.24) is 24.6 Å². The number of aromatic nitrogens is 4. The van der Waals surface area contributed by atoms with Gasteiger partial charge in [-0.25, -0.2) is 9.67 Å². The average molecular weight is 476 g/mol. The molecule has 4 aromatic rings. The second-order valence-corrected chi connectivity index (χ2v) is 8.62. The third kappa shape index (κ3) is 4.62. The van der Waals surface area contributed by atoms with Gasteiger partial charge in [0.05, 0.1) is 41.7 Å². The summed E-state index contributed by atoms with van der Waals surface area (Å²) in [6, 6.07) is 15.5. The minimum Gasteiger partial charge on any atom is -0.466 e. The molecule has 8 nitrogen and oxygen atoms in total. The van der Waals surface area contributed by atoms with E-state index in [1.54, 1.807) is 10.9 Å². The van der Waals surface area contributed by atoms with Crippen LogP contribution in [0.3, 0.4) is 0 Å². The summed E-state index contributed by atoms with van der Waals surface area (Å²) in [5.74, 6) is 0.168. The number of fused-ring (bicyclic) bond motifs is 1. The predicted molar refractivity (Wildman–Crippen MR) is 130 cm³/mol. The molecular weight excluding hydrogens is 450 g/mol. The SMILES string of the molecule is CCOC(=O)C1CCCN(Cn2nc(-c3cc(-c4ccccn4)nc4ccccc34)oc2=S)C1. The first-order valence-electron chi connectivity index (χ1n) is 11.4. The molecule has 0 radical (unpaired) electrons. The molecular formula is C25H25N5O3S. The van der Waals surface area contributed by atoms with Crippen LogP contribution in [0.25, 0.3) is 33.7 Å². The Kier molecular flexibility index (Phi) is 6.46. The number of benzene rings is 1. The molecule has 4 heterocycles. The highest BCUT2D eigenvalue weighted by Crippen LogP contribution is 2.31. The van der Waals surface area contributed by atoms with E-state index in [-0.39, 0.29) is 16.7 Å². The fraction of sp³-hybridized carbons (Fsp3) is 0.320. The molecule has 0 spiro atoms. The summed E-state index contributed by atoms with van der Waals surface area (Å²) in [5, 5.41) is 5.63. The number of nitrogens with zero attached hydrogens (tertiary/aromatic N) is 5. The van der Waals surface area contributed by atoms with Crippen molar-refractivity contribution < 1.29 is 13.9 Å². The number of carbonyl (C=O) groups is 1. The molecule has 1 aliphatic rings. The standard InChI is InChI=1S/C25H25N5O3S/c1-2-32-24(31)17-8-7-13-29(15-17)16-30-25(34)33-23(28-30)19-14-22(21-11-5-6-12-26-21)27-20-10-4-3-9-18(19)20/h3-6,9-12,14,17H,2,7-8,13,15-16H2,1H3. The Morgan fingerprint density at radius 2 is 2.06 bits per heavy atom. The van der Waals surface area contributed by atoms with Gasteiger partial charge in [-0.2, -0.15) is 0 Å². The molecule has 1 fully saturated rings. The van der Waals surface area contributed by atoms with E-state index >= 15 is 0 Å². The lowest BCUT2D eigenvalue weighted by atomic mass is 9.99. The number of likely N-dealkylation sites (tertiary alicyclic amines) is 1. The molecule has 0 N–H and O–H groups in total. The number of hydrogen-bond acceptors (Lipinski definition) is 8. The first-order valence-corrected chi connectivity index (χ1v) is 11.8. The third-order valence-corrected chi connectivity index (χ3v) is 6.23. The summed E-state index contributed by atoms with van der Waals surface area (Å²) in [4.78, 5) is 23.9. The first kappa shape index (κ1) is 22.4. The molecule has 0 bridgehead atoms. The van der Waals surface area contributed by atoms with Crippen LogP contribution >= 0.6 is 12.2 Å². The summed E-state index contributed by atoms with van der Waals surface area (Å²) >= 11 is 5.50. The average Bonchev–Trinajstić information content (AvgIpc) is 3.24. The van der Waals surface area contributed by atoms with E-state index in [1.807, 2.05) is 55.5 Å². The van der Waals surface area contributed by atoms with Crippen molar-refractivity contribution in [2.75, 3.05) is 19.7 Å². The molecule has 1 saturated heterocycles. The lowest BCUT2D eigenvalue weighted by Crippen LogP contribution is -2.40. The van der Waals surface area contributed by atoms with E-state index in [0.29, 0.717) is 25.7 Å². The van der Waals surface area contributed by atoms with Crippen LogP contribution in [0.2, 0.25) is 0 Å². The van der Waals surface area contributed by atoms with Gasteiger partial charge in [-0.05, 0) is 62.8 Å². The van der Waals surface area contributed by atoms with Crippen molar-refractivity contribution in [3.8, 4) is 22.8 Å². The summed E-state index contributed by atoms with van der Waals surface area (Å²) < 4.78 is 12.8. The number of esters is 1. The van der Waals surface area contributed by atoms with Crippen LogP contribution in [0.15, 0.2) is 59.1 Å². The van der Waals surface area contributed by atoms with Crippen LogP contribution in [-0.4, -0.2) is 50.3 Å². The van der Waals surface area contributed by atoms with Crippen molar-refractivity contribution in [2.45, 2.75) is 26.4 Å². The van der Waals surface area contributed by atoms with Crippen LogP contribution in [0.1, 0.15) is 19.8 Å². The van der Waals surface area contributed by atoms with Gasteiger partial charge in [0.1, 0.15) is 0 Å². The zero-order chi connectivity index (χ0) is 23.5. The minimum atomic E-state index is -0.137. The second kappa shape index (κ2) is 9.82. The Hall–Kier alpha value is -3.43. The highest BCUT2D eigenvalue weighted by atomic mass is 32.1. The number of ether oxygens (including phenoxy) is 1. The molecule has 0 saturated carbocycles. The van der Waals surface area contributed by atoms with Crippen molar-refractivity contribution in [2.24, 2.45) is 5.92 Å². The van der Waals surface area contributed by atoms with Gasteiger partial charge < -0.3 is 9.15 Å². The van der Waals surface area contributed by atoms with Gasteiger partial charge >= 0.3 is 5.97 Å². The number of rotatable bonds is 6. The number of pyridine rings is 2. The fourth-order valence-corrected chi connectivity index (χ4v) is 4.51. The van der Waals surface area contributed by atoms with Gasteiger partial charge in [-0.15, -0.1) is 5.10 Å². The zero-order valence-corrected chi connectivity index (χ0v) is 19.7. The molecule has 5 rings (SSSR count). The van der Waals surface area contributed by atoms with Gasteiger partial charge in [-0.3, -0.25) is 14.7 Å². The zero-order valence-electron chi connectivity index (χ0n) is 18.9. The Bertz CT molecular complexity index is 1370. The highest BCUT2D eigenvalue weighted by Gasteiger charge is 2.27. The second-order valence-electron chi connectivity index (χ2n) is 8.27. The molecule has 1 aromatic carbocycles. The van der Waals surface area contributed by atoms with Crippen molar-refractivity contribution in [3.63, 3.8) is 0 Å². The fourth-order valence-electron chi connectivity index (χ4n) is 4.33. The number of para-hydroxylation sites is 1. The Balaban J connectivity index is 1.46. The van der Waals surface area contributed by atoms with Crippen molar-refractivity contribution in [1.29, 1.82) is 0 Å². The Morgan fingerprint density at radius 1 is 1.21 bits per heavy atom. The van der Waals surface area contributed by atoms with Crippen molar-refractivity contribution in [3.05, 3.63) is 59.6 Å². The maximum absolute atomic E-state index is 12.2. The molecule has 1 unspecified atom stereocenters. The van der Waals surface area contributed by atoms with E-state index in [1.165, 1.54) is 0 Å². The topological polar surface area (TPSA) is 86.3 Å². The molecule has 1 aliphatic heterocycles. The quantitative estimate of drug-likeness (QED) is 0.293. The highest BCUT2D eigenvalue weighted by molar-refractivity contribution is 7.71. The Morgan fingerprint density at radius 3 is 2.88 bits per heavy atom. The Labute approximate surface area is 202 Å². The molecule has 34 heavy (non-hydrogen) atoms. The van der Waals surface area contributed by atoms with Gasteiger partial charge in [0.15, 0.2) is 0 Å². The van der Waals surface area contributed by atoms with E-state index in [0.717, 1.165) is 47.2 Å². The monoisotopic (exact) mass is 475 g/mol. The summed E-state index contributed by atoms with van der Waals surface area (Å²) in [6.07, 6.45) is 3.50. The predicted octanol–water partition coefficient (Wildman–Crippen LogP) is 4.72. The largest absolute Gasteiger partial charge is 0.466 e. The molecule has 3 aromatic heterocycles. The molecule has 174 valence electrons. The van der Waals surface area contributed by atoms with Crippen LogP contribution in [-0.2, 0) is 16.2 Å². The molecule has 0 aliphatic carbocycles. The van der Waals surface area contributed by atoms with Crippen LogP contribution in [0.5, 0.6) is 0 Å². The molecule has 0 amide bonds. The summed E-state index contributed by atoms with van der Waals surface area (Å²) in [7, 11) is 0. The summed E-state index contributed by atoms with van der Waals surface area (Å²) in [5.41, 5.74) is 3.13. The van der Waals surface area contributed by atoms with Crippen LogP contribution in [0.4, 0.5) is 0 Å². The number of hydrogen-bond donors (Lipinski definition) is 0. The lowest BCUT2D eigenvalue weighted by molar-refractivity contribution is -0.150. The van der Waals surface area contributed by atoms with Gasteiger partial charge in [-0.1, -0.05) is 24.3 Å². The van der Waals surface area contributed by atoms with E-state index in [2.05, 4.69) is 9.88 Å². The normalized spacial score (nSPS) is 16.6. The van der Waals surface area contributed by atoms with E-state index in [9.17, 15) is 4.79 Å². The third-order valence-electron chi connectivity index (χ3n) is 5.94. The van der Waals surface area contributed by atoms with E-state index in [4.69, 9.17) is 31.5 Å². The maximum atomic E-state index is 12.2. The summed E-state index contributed by atoms with van der Waals surface area (Å²) in [6.45, 7) is 4.16. The van der Waals surface area contributed by atoms with E-state index < -0.39 is 0 Å². The maximum Gasteiger partial charge on any atom is 0.310 e. The minimum absolute atomic E-state index is 0.126. The van der Waals surface area contributed by atoms with Crippen LogP contribution < -0.4 is 0 Å². The van der Waals surface area contributed by atoms with Crippen molar-refractivity contribution >= 4 is 29.1 Å². The molecule has 1 atom stereocenters. The van der Waals surface area contributed by atoms with Gasteiger partial charge in [0.2, 0.25) is 5.89 Å². The van der Waals surface area contributed by atoms with Gasteiger partial charge in [0, 0.05) is 18.1 Å². The molecule has 9 heteroatoms. The van der Waals surface area contributed by atoms with Crippen LogP contribution in [0, 0.1) is 10.8 Å². The number of piperidine rings is 1.